The predicted octanol–water partition coefficient (Wildman–Crippen LogP) is 1.85. The van der Waals surface area contributed by atoms with Gasteiger partial charge in [-0.15, -0.1) is 0 Å². The van der Waals surface area contributed by atoms with Crippen LogP contribution in [0, 0.1) is 0 Å². The molecule has 0 bridgehead atoms. The monoisotopic (exact) mass is 307 g/mol. The van der Waals surface area contributed by atoms with Crippen molar-refractivity contribution >= 4 is 17.5 Å². The van der Waals surface area contributed by atoms with Crippen molar-refractivity contribution < 1.29 is 19.5 Å². The van der Waals surface area contributed by atoms with Crippen LogP contribution in [0.25, 0.3) is 0 Å². The molecule has 0 spiro atoms. The molecule has 0 unspecified atom stereocenters. The van der Waals surface area contributed by atoms with Crippen LogP contribution in [0.4, 0.5) is 0 Å². The van der Waals surface area contributed by atoms with Gasteiger partial charge in [-0.1, -0.05) is 0 Å². The molecule has 122 valence electrons. The Morgan fingerprint density at radius 2 is 1.59 bits per heavy atom. The number of aliphatic hydroxyl groups is 1. The number of allylic oxidation sites excluding steroid dienone is 4. The maximum atomic E-state index is 12.2. The second kappa shape index (κ2) is 7.01. The molecule has 5 nitrogen and oxygen atoms in total. The highest BCUT2D eigenvalue weighted by Crippen LogP contribution is 2.27. The smallest absolute Gasteiger partial charge is 0.220 e. The number of ketones is 2. The minimum absolute atomic E-state index is 0.0846. The van der Waals surface area contributed by atoms with Crippen molar-refractivity contribution in [2.75, 3.05) is 6.54 Å². The summed E-state index contributed by atoms with van der Waals surface area (Å²) in [5, 5.41) is 12.2. The first-order valence-corrected chi connectivity index (χ1v) is 7.50. The first-order chi connectivity index (χ1) is 10.0. The molecule has 0 aromatic heterocycles. The molecule has 0 aliphatic heterocycles. The van der Waals surface area contributed by atoms with E-state index in [1.807, 2.05) is 0 Å². The van der Waals surface area contributed by atoms with Crippen molar-refractivity contribution in [1.29, 1.82) is 0 Å². The van der Waals surface area contributed by atoms with Gasteiger partial charge in [-0.25, -0.2) is 0 Å². The van der Waals surface area contributed by atoms with Gasteiger partial charge in [0.15, 0.2) is 11.6 Å². The number of carbonyl (C=O) groups is 3. The van der Waals surface area contributed by atoms with Gasteiger partial charge in [0, 0.05) is 35.3 Å². The second-order valence-electron chi connectivity index (χ2n) is 6.45. The summed E-state index contributed by atoms with van der Waals surface area (Å²) in [5.41, 5.74) is 1.07. The third-order valence-electron chi connectivity index (χ3n) is 3.86. The van der Waals surface area contributed by atoms with Crippen LogP contribution in [-0.4, -0.2) is 34.7 Å². The average molecular weight is 307 g/mol. The summed E-state index contributed by atoms with van der Waals surface area (Å²) in [6, 6.07) is 0. The van der Waals surface area contributed by atoms with E-state index in [2.05, 4.69) is 5.32 Å². The largest absolute Gasteiger partial charge is 0.389 e. The highest BCUT2D eigenvalue weighted by molar-refractivity contribution is 6.24. The molecule has 0 radical (unpaired) electrons. The predicted molar refractivity (Wildman–Crippen MR) is 84.2 cm³/mol. The van der Waals surface area contributed by atoms with E-state index in [9.17, 15) is 19.5 Å². The molecule has 0 fully saturated rings. The van der Waals surface area contributed by atoms with Crippen molar-refractivity contribution in [3.63, 3.8) is 0 Å². The molecule has 5 heteroatoms. The van der Waals surface area contributed by atoms with Gasteiger partial charge in [0.05, 0.1) is 5.60 Å². The number of Topliss-reactive ketones (excluding diaryl/α,β-unsaturated/α-hetero) is 2. The number of nitrogens with one attached hydrogen (secondary N) is 1. The maximum absolute atomic E-state index is 12.2. The van der Waals surface area contributed by atoms with Gasteiger partial charge in [-0.2, -0.15) is 0 Å². The van der Waals surface area contributed by atoms with Crippen molar-refractivity contribution in [2.24, 2.45) is 0 Å². The molecule has 0 aromatic carbocycles. The van der Waals surface area contributed by atoms with Gasteiger partial charge < -0.3 is 10.4 Å². The zero-order valence-corrected chi connectivity index (χ0v) is 14.0. The van der Waals surface area contributed by atoms with E-state index in [4.69, 9.17) is 0 Å². The fraction of sp³-hybridized carbons (Fsp3) is 0.588. The minimum atomic E-state index is -0.944. The molecule has 0 saturated carbocycles. The quantitative estimate of drug-likeness (QED) is 0.734. The number of carbonyl (C=O) groups excluding carboxylic acids is 3. The summed E-state index contributed by atoms with van der Waals surface area (Å²) >= 11 is 0. The van der Waals surface area contributed by atoms with E-state index in [1.54, 1.807) is 34.6 Å². The second-order valence-corrected chi connectivity index (χ2v) is 6.45. The molecule has 1 rings (SSSR count). The normalized spacial score (nSPS) is 16.5. The number of hydrogen-bond donors (Lipinski definition) is 2. The molecule has 0 aromatic rings. The van der Waals surface area contributed by atoms with E-state index in [-0.39, 0.29) is 30.4 Å². The van der Waals surface area contributed by atoms with Crippen molar-refractivity contribution in [1.82, 2.24) is 5.32 Å². The fourth-order valence-electron chi connectivity index (χ4n) is 2.29. The van der Waals surface area contributed by atoms with Gasteiger partial charge in [-0.05, 0) is 47.5 Å². The molecular weight excluding hydrogens is 282 g/mol. The van der Waals surface area contributed by atoms with Crippen LogP contribution >= 0.6 is 0 Å². The van der Waals surface area contributed by atoms with E-state index >= 15 is 0 Å². The summed E-state index contributed by atoms with van der Waals surface area (Å²) in [6.45, 7) is 8.42. The van der Waals surface area contributed by atoms with Gasteiger partial charge in [-0.3, -0.25) is 14.4 Å². The lowest BCUT2D eigenvalue weighted by Crippen LogP contribution is -2.38. The van der Waals surface area contributed by atoms with Gasteiger partial charge in [0.2, 0.25) is 5.91 Å². The first-order valence-electron chi connectivity index (χ1n) is 7.50. The minimum Gasteiger partial charge on any atom is -0.389 e. The topological polar surface area (TPSA) is 83.5 Å². The fourth-order valence-corrected chi connectivity index (χ4v) is 2.29. The molecule has 1 aliphatic rings. The Bertz CT molecular complexity index is 562. The zero-order chi connectivity index (χ0) is 17.1. The van der Waals surface area contributed by atoms with Crippen LogP contribution in [-0.2, 0) is 14.4 Å². The van der Waals surface area contributed by atoms with Crippen LogP contribution in [0.15, 0.2) is 22.3 Å². The van der Waals surface area contributed by atoms with Gasteiger partial charge in [0.1, 0.15) is 0 Å². The zero-order valence-electron chi connectivity index (χ0n) is 14.0. The van der Waals surface area contributed by atoms with Crippen LogP contribution < -0.4 is 5.32 Å². The van der Waals surface area contributed by atoms with E-state index in [0.29, 0.717) is 35.1 Å². The van der Waals surface area contributed by atoms with Crippen LogP contribution in [0.1, 0.15) is 53.9 Å². The molecule has 0 atom stereocenters. The van der Waals surface area contributed by atoms with E-state index in [0.717, 1.165) is 0 Å². The molecule has 2 N–H and O–H groups in total. The summed E-state index contributed by atoms with van der Waals surface area (Å²) < 4.78 is 0. The van der Waals surface area contributed by atoms with Gasteiger partial charge in [0.25, 0.3) is 0 Å². The Kier molecular flexibility index (Phi) is 5.83. The van der Waals surface area contributed by atoms with E-state index < -0.39 is 5.60 Å². The summed E-state index contributed by atoms with van der Waals surface area (Å²) in [4.78, 5) is 35.9. The Morgan fingerprint density at radius 3 is 2.14 bits per heavy atom. The highest BCUT2D eigenvalue weighted by Gasteiger charge is 2.27. The Balaban J connectivity index is 2.57. The molecule has 0 heterocycles. The SMILES string of the molecule is CC1=C(C)C(=O)C(CCCC(=O)NCC(C)(C)O)=C(C)C1=O. The molecule has 22 heavy (non-hydrogen) atoms. The summed E-state index contributed by atoms with van der Waals surface area (Å²) in [6.07, 6.45) is 1.17. The third-order valence-corrected chi connectivity index (χ3v) is 3.86. The number of rotatable bonds is 6. The van der Waals surface area contributed by atoms with E-state index in [1.165, 1.54) is 0 Å². The standard InChI is InChI=1S/C17H25NO4/c1-10-11(2)16(21)13(12(3)15(10)20)7-6-8-14(19)18-9-17(4,5)22/h22H,6-9H2,1-5H3,(H,18,19). The van der Waals surface area contributed by atoms with Crippen molar-refractivity contribution in [2.45, 2.75) is 59.5 Å². The lowest BCUT2D eigenvalue weighted by molar-refractivity contribution is -0.122. The Hall–Kier alpha value is -1.75. The Labute approximate surface area is 131 Å². The molecule has 0 saturated heterocycles. The average Bonchev–Trinajstić information content (AvgIpc) is 2.43. The third kappa shape index (κ3) is 4.63. The van der Waals surface area contributed by atoms with Crippen molar-refractivity contribution in [3.05, 3.63) is 22.3 Å². The number of amides is 1. The summed E-state index contributed by atoms with van der Waals surface area (Å²) in [7, 11) is 0. The van der Waals surface area contributed by atoms with Crippen LogP contribution in [0.2, 0.25) is 0 Å². The molecule has 1 aliphatic carbocycles. The molecule has 1 amide bonds. The first kappa shape index (κ1) is 18.3. The summed E-state index contributed by atoms with van der Waals surface area (Å²) in [5.74, 6) is -0.344. The number of hydrogen-bond acceptors (Lipinski definition) is 4. The van der Waals surface area contributed by atoms with Crippen LogP contribution in [0.5, 0.6) is 0 Å². The maximum Gasteiger partial charge on any atom is 0.220 e. The Morgan fingerprint density at radius 1 is 1.05 bits per heavy atom. The van der Waals surface area contributed by atoms with Gasteiger partial charge >= 0.3 is 0 Å². The lowest BCUT2D eigenvalue weighted by Gasteiger charge is -2.19. The van der Waals surface area contributed by atoms with Crippen LogP contribution in [0.3, 0.4) is 0 Å². The van der Waals surface area contributed by atoms with Crippen molar-refractivity contribution in [3.8, 4) is 0 Å². The lowest BCUT2D eigenvalue weighted by atomic mass is 9.84. The highest BCUT2D eigenvalue weighted by atomic mass is 16.3. The molecular formula is C17H25NO4.